The minimum absolute atomic E-state index is 0.387. The van der Waals surface area contributed by atoms with E-state index < -0.39 is 11.7 Å². The predicted molar refractivity (Wildman–Crippen MR) is 82.1 cm³/mol. The van der Waals surface area contributed by atoms with Crippen LogP contribution in [0.5, 0.6) is 0 Å². The Morgan fingerprint density at radius 3 is 2.43 bits per heavy atom. The minimum Gasteiger partial charge on any atom is -0.469 e. The Hall–Kier alpha value is -2.44. The number of benzene rings is 1. The van der Waals surface area contributed by atoms with E-state index in [-0.39, 0.29) is 0 Å². The molecule has 0 atom stereocenters. The van der Waals surface area contributed by atoms with Crippen LogP contribution < -0.4 is 10.6 Å². The van der Waals surface area contributed by atoms with Crippen molar-refractivity contribution < 1.29 is 17.6 Å². The van der Waals surface area contributed by atoms with E-state index >= 15 is 0 Å². The zero-order chi connectivity index (χ0) is 16.7. The van der Waals surface area contributed by atoms with E-state index in [0.29, 0.717) is 25.5 Å². The van der Waals surface area contributed by atoms with Crippen LogP contribution in [0.25, 0.3) is 0 Å². The monoisotopic (exact) mass is 325 g/mol. The Labute approximate surface area is 132 Å². The fraction of sp³-hybridized carbons (Fsp3) is 0.312. The van der Waals surface area contributed by atoms with Gasteiger partial charge in [-0.1, -0.05) is 12.1 Å². The van der Waals surface area contributed by atoms with Crippen molar-refractivity contribution >= 4 is 5.96 Å². The summed E-state index contributed by atoms with van der Waals surface area (Å²) in [6.07, 6.45) is -1.98. The number of alkyl halides is 3. The second-order valence-corrected chi connectivity index (χ2v) is 4.88. The highest BCUT2D eigenvalue weighted by molar-refractivity contribution is 5.79. The SMILES string of the molecule is CN=C(NCCc1ccco1)NCc1ccc(C(F)(F)F)cc1. The third-order valence-electron chi connectivity index (χ3n) is 3.21. The molecule has 0 radical (unpaired) electrons. The van der Waals surface area contributed by atoms with E-state index in [9.17, 15) is 13.2 Å². The largest absolute Gasteiger partial charge is 0.469 e. The summed E-state index contributed by atoms with van der Waals surface area (Å²) in [5.74, 6) is 1.45. The summed E-state index contributed by atoms with van der Waals surface area (Å²) >= 11 is 0. The molecule has 0 aliphatic heterocycles. The lowest BCUT2D eigenvalue weighted by atomic mass is 10.1. The molecule has 2 N–H and O–H groups in total. The van der Waals surface area contributed by atoms with Gasteiger partial charge in [0.1, 0.15) is 5.76 Å². The van der Waals surface area contributed by atoms with Crippen LogP contribution in [0.1, 0.15) is 16.9 Å². The summed E-state index contributed by atoms with van der Waals surface area (Å²) in [5.41, 5.74) is 0.0918. The fourth-order valence-electron chi connectivity index (χ4n) is 1.98. The van der Waals surface area contributed by atoms with Crippen LogP contribution in [0.2, 0.25) is 0 Å². The first-order chi connectivity index (χ1) is 11.0. The van der Waals surface area contributed by atoms with E-state index in [1.807, 2.05) is 12.1 Å². The second kappa shape index (κ2) is 7.71. The van der Waals surface area contributed by atoms with Crippen molar-refractivity contribution in [3.05, 3.63) is 59.5 Å². The van der Waals surface area contributed by atoms with Gasteiger partial charge in [-0.2, -0.15) is 13.2 Å². The molecule has 0 unspecified atom stereocenters. The first-order valence-corrected chi connectivity index (χ1v) is 7.12. The molecule has 1 aromatic carbocycles. The van der Waals surface area contributed by atoms with Crippen LogP contribution in [-0.4, -0.2) is 19.6 Å². The van der Waals surface area contributed by atoms with Gasteiger partial charge < -0.3 is 15.1 Å². The molecular weight excluding hydrogens is 307 g/mol. The van der Waals surface area contributed by atoms with Gasteiger partial charge in [0.05, 0.1) is 11.8 Å². The molecule has 1 aromatic heterocycles. The van der Waals surface area contributed by atoms with Crippen LogP contribution in [0.3, 0.4) is 0 Å². The molecule has 2 aromatic rings. The minimum atomic E-state index is -4.31. The average Bonchev–Trinajstić information content (AvgIpc) is 3.03. The molecular formula is C16H18F3N3O. The van der Waals surface area contributed by atoms with Gasteiger partial charge in [-0.25, -0.2) is 0 Å². The number of hydrogen-bond acceptors (Lipinski definition) is 2. The van der Waals surface area contributed by atoms with Crippen LogP contribution in [0, 0.1) is 0 Å². The Kier molecular flexibility index (Phi) is 5.67. The highest BCUT2D eigenvalue weighted by atomic mass is 19.4. The Balaban J connectivity index is 1.78. The number of furan rings is 1. The van der Waals surface area contributed by atoms with Crippen molar-refractivity contribution in [1.29, 1.82) is 0 Å². The molecule has 0 saturated heterocycles. The van der Waals surface area contributed by atoms with Gasteiger partial charge in [-0.05, 0) is 29.8 Å². The van der Waals surface area contributed by atoms with Gasteiger partial charge in [0.2, 0.25) is 0 Å². The maximum atomic E-state index is 12.5. The van der Waals surface area contributed by atoms with E-state index in [4.69, 9.17) is 4.42 Å². The summed E-state index contributed by atoms with van der Waals surface area (Å²) in [5, 5.41) is 6.16. The average molecular weight is 325 g/mol. The third-order valence-corrected chi connectivity index (χ3v) is 3.21. The van der Waals surface area contributed by atoms with Crippen LogP contribution in [-0.2, 0) is 19.1 Å². The van der Waals surface area contributed by atoms with E-state index in [1.165, 1.54) is 12.1 Å². The van der Waals surface area contributed by atoms with Crippen molar-refractivity contribution in [2.45, 2.75) is 19.1 Å². The number of guanidine groups is 1. The maximum absolute atomic E-state index is 12.5. The molecule has 7 heteroatoms. The van der Waals surface area contributed by atoms with Gasteiger partial charge >= 0.3 is 6.18 Å². The summed E-state index contributed by atoms with van der Waals surface area (Å²) in [6.45, 7) is 1.03. The molecule has 23 heavy (non-hydrogen) atoms. The predicted octanol–water partition coefficient (Wildman–Crippen LogP) is 3.21. The Morgan fingerprint density at radius 2 is 1.87 bits per heavy atom. The van der Waals surface area contributed by atoms with Crippen LogP contribution in [0.15, 0.2) is 52.1 Å². The quantitative estimate of drug-likeness (QED) is 0.656. The topological polar surface area (TPSA) is 49.6 Å². The zero-order valence-electron chi connectivity index (χ0n) is 12.7. The number of hydrogen-bond donors (Lipinski definition) is 2. The molecule has 0 aliphatic carbocycles. The summed E-state index contributed by atoms with van der Waals surface area (Å²) < 4.78 is 42.7. The summed E-state index contributed by atoms with van der Waals surface area (Å²) in [6, 6.07) is 8.76. The van der Waals surface area contributed by atoms with Gasteiger partial charge in [0, 0.05) is 26.6 Å². The first-order valence-electron chi connectivity index (χ1n) is 7.12. The third kappa shape index (κ3) is 5.36. The molecule has 1 heterocycles. The van der Waals surface area contributed by atoms with Crippen LogP contribution in [0.4, 0.5) is 13.2 Å². The lowest BCUT2D eigenvalue weighted by molar-refractivity contribution is -0.137. The summed E-state index contributed by atoms with van der Waals surface area (Å²) in [4.78, 5) is 4.06. The van der Waals surface area contributed by atoms with Crippen molar-refractivity contribution in [3.63, 3.8) is 0 Å². The Bertz CT molecular complexity index is 619. The zero-order valence-corrected chi connectivity index (χ0v) is 12.7. The number of nitrogens with one attached hydrogen (secondary N) is 2. The fourth-order valence-corrected chi connectivity index (χ4v) is 1.98. The standard InChI is InChI=1S/C16H18F3N3O/c1-20-15(21-9-8-14-3-2-10-23-14)22-11-12-4-6-13(7-5-12)16(17,18)19/h2-7,10H,8-9,11H2,1H3,(H2,20,21,22). The molecule has 0 aliphatic rings. The molecule has 4 nitrogen and oxygen atoms in total. The Morgan fingerprint density at radius 1 is 1.13 bits per heavy atom. The smallest absolute Gasteiger partial charge is 0.416 e. The van der Waals surface area contributed by atoms with Gasteiger partial charge in [0.25, 0.3) is 0 Å². The lowest BCUT2D eigenvalue weighted by Crippen LogP contribution is -2.37. The van der Waals surface area contributed by atoms with Crippen molar-refractivity contribution in [2.24, 2.45) is 4.99 Å². The normalized spacial score (nSPS) is 12.3. The number of rotatable bonds is 5. The van der Waals surface area contributed by atoms with E-state index in [2.05, 4.69) is 15.6 Å². The highest BCUT2D eigenvalue weighted by Crippen LogP contribution is 2.28. The molecule has 124 valence electrons. The number of halogens is 3. The van der Waals surface area contributed by atoms with Gasteiger partial charge in [0.15, 0.2) is 5.96 Å². The second-order valence-electron chi connectivity index (χ2n) is 4.88. The number of aliphatic imine (C=N–C) groups is 1. The van der Waals surface area contributed by atoms with Crippen molar-refractivity contribution in [2.75, 3.05) is 13.6 Å². The van der Waals surface area contributed by atoms with E-state index in [0.717, 1.165) is 23.5 Å². The molecule has 0 saturated carbocycles. The first kappa shape index (κ1) is 16.9. The molecule has 0 amide bonds. The highest BCUT2D eigenvalue weighted by Gasteiger charge is 2.29. The van der Waals surface area contributed by atoms with Crippen molar-refractivity contribution in [3.8, 4) is 0 Å². The lowest BCUT2D eigenvalue weighted by Gasteiger charge is -2.12. The van der Waals surface area contributed by atoms with Crippen molar-refractivity contribution in [1.82, 2.24) is 10.6 Å². The van der Waals surface area contributed by atoms with Crippen LogP contribution >= 0.6 is 0 Å². The molecule has 0 bridgehead atoms. The summed E-state index contributed by atoms with van der Waals surface area (Å²) in [7, 11) is 1.63. The van der Waals surface area contributed by atoms with Gasteiger partial charge in [-0.15, -0.1) is 0 Å². The maximum Gasteiger partial charge on any atom is 0.416 e. The molecule has 2 rings (SSSR count). The van der Waals surface area contributed by atoms with Gasteiger partial charge in [-0.3, -0.25) is 4.99 Å². The number of nitrogens with zero attached hydrogens (tertiary/aromatic N) is 1. The molecule has 0 spiro atoms. The molecule has 0 fully saturated rings. The van der Waals surface area contributed by atoms with E-state index in [1.54, 1.807) is 13.3 Å².